The number of amides is 2. The van der Waals surface area contributed by atoms with Crippen molar-refractivity contribution in [2.24, 2.45) is 5.10 Å². The Hall–Kier alpha value is -2.95. The Labute approximate surface area is 129 Å². The molecule has 0 saturated heterocycles. The average Bonchev–Trinajstić information content (AvgIpc) is 2.53. The number of hydrogen-bond donors (Lipinski definition) is 2. The standard InChI is InChI=1S/C17H17N3O2/c1-12(14-6-4-3-5-7-14)19-20-17(22)15-8-10-16(11-9-15)18-13(2)21/h3-11H,1-2H3,(H,18,21)(H,20,22). The van der Waals surface area contributed by atoms with Crippen molar-refractivity contribution >= 4 is 23.2 Å². The quantitative estimate of drug-likeness (QED) is 0.672. The zero-order chi connectivity index (χ0) is 15.9. The third-order valence-electron chi connectivity index (χ3n) is 2.98. The Bertz CT molecular complexity index is 692. The predicted octanol–water partition coefficient (Wildman–Crippen LogP) is 2.80. The Morgan fingerprint density at radius 1 is 0.864 bits per heavy atom. The van der Waals surface area contributed by atoms with Gasteiger partial charge in [0, 0.05) is 18.2 Å². The summed E-state index contributed by atoms with van der Waals surface area (Å²) in [7, 11) is 0. The van der Waals surface area contributed by atoms with Crippen LogP contribution in [0.1, 0.15) is 29.8 Å². The summed E-state index contributed by atoms with van der Waals surface area (Å²) in [6.45, 7) is 3.26. The van der Waals surface area contributed by atoms with E-state index in [2.05, 4.69) is 15.8 Å². The number of nitrogens with one attached hydrogen (secondary N) is 2. The van der Waals surface area contributed by atoms with E-state index in [9.17, 15) is 9.59 Å². The maximum Gasteiger partial charge on any atom is 0.271 e. The monoisotopic (exact) mass is 295 g/mol. The van der Waals surface area contributed by atoms with Crippen LogP contribution in [-0.2, 0) is 4.79 Å². The maximum atomic E-state index is 12.0. The Balaban J connectivity index is 2.01. The minimum absolute atomic E-state index is 0.153. The van der Waals surface area contributed by atoms with Crippen molar-refractivity contribution in [2.45, 2.75) is 13.8 Å². The molecule has 2 aromatic carbocycles. The molecule has 0 saturated carbocycles. The fourth-order valence-corrected chi connectivity index (χ4v) is 1.85. The van der Waals surface area contributed by atoms with E-state index in [1.54, 1.807) is 24.3 Å². The third kappa shape index (κ3) is 4.28. The molecule has 2 N–H and O–H groups in total. The minimum Gasteiger partial charge on any atom is -0.326 e. The summed E-state index contributed by atoms with van der Waals surface area (Å²) in [5.41, 5.74) is 5.31. The third-order valence-corrected chi connectivity index (χ3v) is 2.98. The Morgan fingerprint density at radius 2 is 1.50 bits per heavy atom. The highest BCUT2D eigenvalue weighted by Gasteiger charge is 2.05. The van der Waals surface area contributed by atoms with Crippen LogP contribution in [0.5, 0.6) is 0 Å². The SMILES string of the molecule is CC(=O)Nc1ccc(C(=O)NN=C(C)c2ccccc2)cc1. The van der Waals surface area contributed by atoms with Gasteiger partial charge in [0.2, 0.25) is 5.91 Å². The van der Waals surface area contributed by atoms with E-state index >= 15 is 0 Å². The second kappa shape index (κ2) is 7.17. The summed E-state index contributed by atoms with van der Waals surface area (Å²) in [6, 6.07) is 16.2. The van der Waals surface area contributed by atoms with Gasteiger partial charge in [0.05, 0.1) is 5.71 Å². The zero-order valence-electron chi connectivity index (χ0n) is 12.5. The van der Waals surface area contributed by atoms with Crippen LogP contribution >= 0.6 is 0 Å². The van der Waals surface area contributed by atoms with Crippen LogP contribution in [0.3, 0.4) is 0 Å². The topological polar surface area (TPSA) is 70.6 Å². The molecular formula is C17H17N3O2. The number of benzene rings is 2. The molecule has 2 aromatic rings. The van der Waals surface area contributed by atoms with Gasteiger partial charge >= 0.3 is 0 Å². The van der Waals surface area contributed by atoms with E-state index in [0.717, 1.165) is 11.3 Å². The Kier molecular flexibility index (Phi) is 5.03. The van der Waals surface area contributed by atoms with E-state index < -0.39 is 0 Å². The van der Waals surface area contributed by atoms with Crippen LogP contribution in [0.4, 0.5) is 5.69 Å². The summed E-state index contributed by atoms with van der Waals surface area (Å²) in [6.07, 6.45) is 0. The highest BCUT2D eigenvalue weighted by molar-refractivity contribution is 6.01. The second-order valence-electron chi connectivity index (χ2n) is 4.76. The molecule has 0 aliphatic rings. The number of nitrogens with zero attached hydrogens (tertiary/aromatic N) is 1. The molecule has 0 aliphatic heterocycles. The molecule has 0 aromatic heterocycles. The van der Waals surface area contributed by atoms with Crippen LogP contribution in [0.25, 0.3) is 0 Å². The number of hydrazone groups is 1. The summed E-state index contributed by atoms with van der Waals surface area (Å²) in [5, 5.41) is 6.73. The first-order chi connectivity index (χ1) is 10.6. The number of carbonyl (C=O) groups is 2. The molecule has 0 heterocycles. The molecule has 0 fully saturated rings. The van der Waals surface area contributed by atoms with Gasteiger partial charge in [-0.3, -0.25) is 9.59 Å². The van der Waals surface area contributed by atoms with E-state index in [4.69, 9.17) is 0 Å². The van der Waals surface area contributed by atoms with Crippen molar-refractivity contribution in [3.8, 4) is 0 Å². The van der Waals surface area contributed by atoms with Gasteiger partial charge < -0.3 is 5.32 Å². The number of rotatable bonds is 4. The lowest BCUT2D eigenvalue weighted by Gasteiger charge is -2.05. The number of anilines is 1. The first kappa shape index (κ1) is 15.4. The second-order valence-corrected chi connectivity index (χ2v) is 4.76. The molecule has 2 rings (SSSR count). The van der Waals surface area contributed by atoms with Crippen molar-refractivity contribution in [3.63, 3.8) is 0 Å². The lowest BCUT2D eigenvalue weighted by atomic mass is 10.1. The van der Waals surface area contributed by atoms with Crippen molar-refractivity contribution in [1.29, 1.82) is 0 Å². The van der Waals surface area contributed by atoms with Gasteiger partial charge in [-0.05, 0) is 36.8 Å². The van der Waals surface area contributed by atoms with Crippen LogP contribution < -0.4 is 10.7 Å². The summed E-state index contributed by atoms with van der Waals surface area (Å²) >= 11 is 0. The highest BCUT2D eigenvalue weighted by Crippen LogP contribution is 2.09. The predicted molar refractivity (Wildman–Crippen MR) is 86.9 cm³/mol. The smallest absolute Gasteiger partial charge is 0.271 e. The zero-order valence-corrected chi connectivity index (χ0v) is 12.5. The molecule has 2 amide bonds. The molecular weight excluding hydrogens is 278 g/mol. The first-order valence-corrected chi connectivity index (χ1v) is 6.84. The first-order valence-electron chi connectivity index (χ1n) is 6.84. The molecule has 0 atom stereocenters. The van der Waals surface area contributed by atoms with Gasteiger partial charge in [0.15, 0.2) is 0 Å². The van der Waals surface area contributed by atoms with Gasteiger partial charge in [-0.15, -0.1) is 0 Å². The molecule has 0 aliphatic carbocycles. The molecule has 22 heavy (non-hydrogen) atoms. The molecule has 112 valence electrons. The number of carbonyl (C=O) groups excluding carboxylic acids is 2. The molecule has 0 radical (unpaired) electrons. The van der Waals surface area contributed by atoms with Gasteiger partial charge in [0.1, 0.15) is 0 Å². The summed E-state index contributed by atoms with van der Waals surface area (Å²) in [5.74, 6) is -0.454. The largest absolute Gasteiger partial charge is 0.326 e. The number of hydrogen-bond acceptors (Lipinski definition) is 3. The van der Waals surface area contributed by atoms with Gasteiger partial charge in [-0.1, -0.05) is 30.3 Å². The van der Waals surface area contributed by atoms with Gasteiger partial charge in [0.25, 0.3) is 5.91 Å². The lowest BCUT2D eigenvalue weighted by molar-refractivity contribution is -0.114. The van der Waals surface area contributed by atoms with Crippen LogP contribution in [-0.4, -0.2) is 17.5 Å². The van der Waals surface area contributed by atoms with Crippen molar-refractivity contribution < 1.29 is 9.59 Å². The van der Waals surface area contributed by atoms with Crippen molar-refractivity contribution in [2.75, 3.05) is 5.32 Å². The molecule has 5 nitrogen and oxygen atoms in total. The lowest BCUT2D eigenvalue weighted by Crippen LogP contribution is -2.19. The minimum atomic E-state index is -0.301. The fraction of sp³-hybridized carbons (Fsp3) is 0.118. The van der Waals surface area contributed by atoms with E-state index in [0.29, 0.717) is 11.3 Å². The van der Waals surface area contributed by atoms with E-state index in [1.165, 1.54) is 6.92 Å². The van der Waals surface area contributed by atoms with Crippen LogP contribution in [0.2, 0.25) is 0 Å². The van der Waals surface area contributed by atoms with Gasteiger partial charge in [-0.25, -0.2) is 5.43 Å². The normalized spacial score (nSPS) is 10.9. The molecule has 5 heteroatoms. The maximum absolute atomic E-state index is 12.0. The average molecular weight is 295 g/mol. The Morgan fingerprint density at radius 3 is 2.09 bits per heavy atom. The van der Waals surface area contributed by atoms with Crippen molar-refractivity contribution in [1.82, 2.24) is 5.43 Å². The molecule has 0 bridgehead atoms. The highest BCUT2D eigenvalue weighted by atomic mass is 16.2. The van der Waals surface area contributed by atoms with E-state index in [-0.39, 0.29) is 11.8 Å². The summed E-state index contributed by atoms with van der Waals surface area (Å²) < 4.78 is 0. The van der Waals surface area contributed by atoms with Crippen LogP contribution in [0, 0.1) is 0 Å². The summed E-state index contributed by atoms with van der Waals surface area (Å²) in [4.78, 5) is 22.9. The van der Waals surface area contributed by atoms with Gasteiger partial charge in [-0.2, -0.15) is 5.10 Å². The fourth-order valence-electron chi connectivity index (χ4n) is 1.85. The molecule has 0 spiro atoms. The molecule has 0 unspecified atom stereocenters. The van der Waals surface area contributed by atoms with E-state index in [1.807, 2.05) is 37.3 Å². The van der Waals surface area contributed by atoms with Crippen LogP contribution in [0.15, 0.2) is 59.7 Å². The van der Waals surface area contributed by atoms with Crippen molar-refractivity contribution in [3.05, 3.63) is 65.7 Å².